The van der Waals surface area contributed by atoms with Crippen molar-refractivity contribution in [3.05, 3.63) is 65.3 Å². The Morgan fingerprint density at radius 1 is 1.15 bits per heavy atom. The van der Waals surface area contributed by atoms with Crippen molar-refractivity contribution in [3.8, 4) is 22.7 Å². The number of fused-ring (bicyclic) bond motifs is 1. The fourth-order valence-corrected chi connectivity index (χ4v) is 3.41. The molecule has 0 aliphatic rings. The maximum absolute atomic E-state index is 14.1. The molecule has 6 nitrogen and oxygen atoms in total. The van der Waals surface area contributed by atoms with Crippen LogP contribution in [0.4, 0.5) is 4.39 Å². The minimum Gasteiger partial charge on any atom is -0.508 e. The molecule has 4 rings (SSSR count). The molecule has 4 aromatic rings. The summed E-state index contributed by atoms with van der Waals surface area (Å²) in [6.45, 7) is 3.60. The van der Waals surface area contributed by atoms with Gasteiger partial charge in [0.2, 0.25) is 0 Å². The molecule has 0 radical (unpaired) electrons. The van der Waals surface area contributed by atoms with Gasteiger partial charge in [-0.2, -0.15) is 0 Å². The molecule has 0 aliphatic heterocycles. The Morgan fingerprint density at radius 3 is 2.52 bits per heavy atom. The summed E-state index contributed by atoms with van der Waals surface area (Å²) in [6.07, 6.45) is 1.32. The van der Waals surface area contributed by atoms with Crippen molar-refractivity contribution in [1.29, 1.82) is 0 Å². The number of halogens is 1. The summed E-state index contributed by atoms with van der Waals surface area (Å²) >= 11 is 0. The normalized spacial score (nSPS) is 11.7. The van der Waals surface area contributed by atoms with Crippen LogP contribution in [0.25, 0.3) is 27.8 Å². The lowest BCUT2D eigenvalue weighted by molar-refractivity contribution is 0.322. The number of aromatic hydroxyl groups is 1. The second-order valence-corrected chi connectivity index (χ2v) is 6.22. The molecule has 2 aromatic carbocycles. The number of phenols is 1. The van der Waals surface area contributed by atoms with Crippen molar-refractivity contribution in [2.45, 2.75) is 13.8 Å². The Kier molecular flexibility index (Phi) is 3.92. The molecule has 0 saturated carbocycles. The van der Waals surface area contributed by atoms with Gasteiger partial charge in [0, 0.05) is 16.6 Å². The van der Waals surface area contributed by atoms with Gasteiger partial charge < -0.3 is 19.4 Å². The van der Waals surface area contributed by atoms with Gasteiger partial charge in [-0.3, -0.25) is 0 Å². The van der Waals surface area contributed by atoms with Crippen LogP contribution in [0.5, 0.6) is 5.75 Å². The van der Waals surface area contributed by atoms with E-state index in [1.807, 2.05) is 11.5 Å². The maximum atomic E-state index is 14.1. The molecule has 0 unspecified atom stereocenters. The number of rotatable bonds is 3. The number of oxime groups is 1. The zero-order valence-electron chi connectivity index (χ0n) is 14.6. The standard InChI is InChI=1S/C20H16FN3O3/c1-11-19(12(2)27-23-11)20-17(10-22-26)16-8-3-13(21)9-18(16)24(20)14-4-6-15(25)7-5-14/h3-10,25-26H,1-2H3/b22-10+. The van der Waals surface area contributed by atoms with Gasteiger partial charge in [0.15, 0.2) is 0 Å². The quantitative estimate of drug-likeness (QED) is 0.317. The van der Waals surface area contributed by atoms with E-state index in [1.54, 1.807) is 37.3 Å². The Bertz CT molecular complexity index is 1150. The first-order valence-electron chi connectivity index (χ1n) is 8.25. The summed E-state index contributed by atoms with van der Waals surface area (Å²) in [5.41, 5.74) is 3.95. The van der Waals surface area contributed by atoms with Gasteiger partial charge in [-0.05, 0) is 56.3 Å². The Labute approximate surface area is 153 Å². The average molecular weight is 365 g/mol. The Balaban J connectivity index is 2.21. The van der Waals surface area contributed by atoms with E-state index in [2.05, 4.69) is 10.3 Å². The van der Waals surface area contributed by atoms with Crippen molar-refractivity contribution in [1.82, 2.24) is 9.72 Å². The molecule has 0 bridgehead atoms. The molecule has 2 N–H and O–H groups in total. The first kappa shape index (κ1) is 16.8. The third kappa shape index (κ3) is 2.64. The number of benzene rings is 2. The molecular formula is C20H16FN3O3. The second kappa shape index (κ2) is 6.28. The molecule has 0 spiro atoms. The fourth-order valence-electron chi connectivity index (χ4n) is 3.41. The first-order valence-corrected chi connectivity index (χ1v) is 8.25. The van der Waals surface area contributed by atoms with E-state index in [9.17, 15) is 14.7 Å². The van der Waals surface area contributed by atoms with Gasteiger partial charge in [0.25, 0.3) is 0 Å². The Morgan fingerprint density at radius 2 is 1.89 bits per heavy atom. The van der Waals surface area contributed by atoms with Crippen LogP contribution < -0.4 is 0 Å². The van der Waals surface area contributed by atoms with Gasteiger partial charge in [0.1, 0.15) is 17.3 Å². The Hall–Kier alpha value is -3.61. The number of hydrogen-bond donors (Lipinski definition) is 2. The molecule has 27 heavy (non-hydrogen) atoms. The molecule has 136 valence electrons. The van der Waals surface area contributed by atoms with Gasteiger partial charge in [0.05, 0.1) is 28.7 Å². The number of nitrogens with zero attached hydrogens (tertiary/aromatic N) is 3. The van der Waals surface area contributed by atoms with Gasteiger partial charge >= 0.3 is 0 Å². The van der Waals surface area contributed by atoms with E-state index in [1.165, 1.54) is 18.3 Å². The monoisotopic (exact) mass is 365 g/mol. The van der Waals surface area contributed by atoms with E-state index in [-0.39, 0.29) is 5.75 Å². The van der Waals surface area contributed by atoms with Gasteiger partial charge in [-0.1, -0.05) is 10.3 Å². The minimum atomic E-state index is -0.391. The summed E-state index contributed by atoms with van der Waals surface area (Å²) in [5.74, 6) is 0.318. The zero-order chi connectivity index (χ0) is 19.1. The van der Waals surface area contributed by atoms with Crippen LogP contribution in [0.15, 0.2) is 52.1 Å². The third-order valence-corrected chi connectivity index (χ3v) is 4.53. The van der Waals surface area contributed by atoms with E-state index in [0.717, 1.165) is 5.56 Å². The zero-order valence-corrected chi connectivity index (χ0v) is 14.6. The SMILES string of the molecule is Cc1noc(C)c1-c1c(/C=N/O)c2ccc(F)cc2n1-c1ccc(O)cc1. The van der Waals surface area contributed by atoms with Crippen LogP contribution >= 0.6 is 0 Å². The van der Waals surface area contributed by atoms with Crippen molar-refractivity contribution < 1.29 is 19.2 Å². The first-order chi connectivity index (χ1) is 13.0. The lowest BCUT2D eigenvalue weighted by atomic mass is 10.0. The van der Waals surface area contributed by atoms with Crippen molar-refractivity contribution >= 4 is 17.1 Å². The average Bonchev–Trinajstić information content (AvgIpc) is 3.13. The maximum Gasteiger partial charge on any atom is 0.143 e. The van der Waals surface area contributed by atoms with Crippen LogP contribution in [-0.2, 0) is 0 Å². The van der Waals surface area contributed by atoms with E-state index in [4.69, 9.17) is 4.52 Å². The van der Waals surface area contributed by atoms with Crippen molar-refractivity contribution in [3.63, 3.8) is 0 Å². The molecule has 0 fully saturated rings. The van der Waals surface area contributed by atoms with Crippen LogP contribution in [0.3, 0.4) is 0 Å². The largest absolute Gasteiger partial charge is 0.508 e. The molecule has 0 atom stereocenters. The van der Waals surface area contributed by atoms with Crippen molar-refractivity contribution in [2.24, 2.45) is 5.16 Å². The highest BCUT2D eigenvalue weighted by molar-refractivity contribution is 6.07. The summed E-state index contributed by atoms with van der Waals surface area (Å²) < 4.78 is 21.2. The van der Waals surface area contributed by atoms with Crippen LogP contribution in [0.1, 0.15) is 17.0 Å². The highest BCUT2D eigenvalue weighted by Crippen LogP contribution is 2.39. The van der Waals surface area contributed by atoms with E-state index < -0.39 is 5.82 Å². The van der Waals surface area contributed by atoms with Crippen LogP contribution in [0.2, 0.25) is 0 Å². The smallest absolute Gasteiger partial charge is 0.143 e. The van der Waals surface area contributed by atoms with E-state index >= 15 is 0 Å². The topological polar surface area (TPSA) is 83.8 Å². The lowest BCUT2D eigenvalue weighted by Crippen LogP contribution is -1.99. The number of phenolic OH excluding ortho intramolecular Hbond substituents is 1. The number of aromatic nitrogens is 2. The summed E-state index contributed by atoms with van der Waals surface area (Å²) in [6, 6.07) is 11.0. The predicted molar refractivity (Wildman–Crippen MR) is 99.2 cm³/mol. The molecule has 7 heteroatoms. The lowest BCUT2D eigenvalue weighted by Gasteiger charge is -2.12. The second-order valence-electron chi connectivity index (χ2n) is 6.22. The molecule has 2 heterocycles. The van der Waals surface area contributed by atoms with Crippen molar-refractivity contribution in [2.75, 3.05) is 0 Å². The molecular weight excluding hydrogens is 349 g/mol. The molecule has 2 aromatic heterocycles. The fraction of sp³-hybridized carbons (Fsp3) is 0.100. The highest BCUT2D eigenvalue weighted by atomic mass is 19.1. The van der Waals surface area contributed by atoms with Gasteiger partial charge in [-0.15, -0.1) is 0 Å². The van der Waals surface area contributed by atoms with Crippen LogP contribution in [-0.4, -0.2) is 26.3 Å². The molecule has 0 aliphatic carbocycles. The van der Waals surface area contributed by atoms with Crippen LogP contribution in [0, 0.1) is 19.7 Å². The number of aryl methyl sites for hydroxylation is 2. The summed E-state index contributed by atoms with van der Waals surface area (Å²) in [5, 5.41) is 26.8. The van der Waals surface area contributed by atoms with Gasteiger partial charge in [-0.25, -0.2) is 4.39 Å². The summed E-state index contributed by atoms with van der Waals surface area (Å²) in [7, 11) is 0. The number of hydrogen-bond acceptors (Lipinski definition) is 5. The predicted octanol–water partition coefficient (Wildman–Crippen LogP) is 4.56. The highest BCUT2D eigenvalue weighted by Gasteiger charge is 2.24. The third-order valence-electron chi connectivity index (χ3n) is 4.53. The summed E-state index contributed by atoms with van der Waals surface area (Å²) in [4.78, 5) is 0. The minimum absolute atomic E-state index is 0.123. The molecule has 0 amide bonds. The molecule has 0 saturated heterocycles. The van der Waals surface area contributed by atoms with E-state index in [0.29, 0.717) is 39.3 Å².